The SMILES string of the molecule is COCc1ccc(C(CC(C)(C)C)C(C)(C)C)cc1. The summed E-state index contributed by atoms with van der Waals surface area (Å²) in [4.78, 5) is 0. The van der Waals surface area contributed by atoms with Gasteiger partial charge in [0, 0.05) is 7.11 Å². The molecule has 0 saturated carbocycles. The highest BCUT2D eigenvalue weighted by Crippen LogP contribution is 2.42. The van der Waals surface area contributed by atoms with Crippen molar-refractivity contribution in [1.29, 1.82) is 0 Å². The molecule has 19 heavy (non-hydrogen) atoms. The van der Waals surface area contributed by atoms with Gasteiger partial charge in [-0.05, 0) is 34.3 Å². The van der Waals surface area contributed by atoms with E-state index in [2.05, 4.69) is 65.8 Å². The number of hydrogen-bond acceptors (Lipinski definition) is 1. The van der Waals surface area contributed by atoms with E-state index in [1.54, 1.807) is 7.11 Å². The minimum Gasteiger partial charge on any atom is -0.380 e. The van der Waals surface area contributed by atoms with Gasteiger partial charge < -0.3 is 4.74 Å². The normalized spacial score (nSPS) is 14.5. The van der Waals surface area contributed by atoms with Crippen molar-refractivity contribution in [2.24, 2.45) is 10.8 Å². The van der Waals surface area contributed by atoms with E-state index in [1.807, 2.05) is 0 Å². The molecule has 0 aromatic heterocycles. The molecule has 0 spiro atoms. The van der Waals surface area contributed by atoms with Gasteiger partial charge in [-0.15, -0.1) is 0 Å². The predicted octanol–water partition coefficient (Wildman–Crippen LogP) is 5.40. The average Bonchev–Trinajstić information content (AvgIpc) is 2.25. The van der Waals surface area contributed by atoms with Crippen LogP contribution in [0.1, 0.15) is 65.0 Å². The standard InChI is InChI=1S/C18H30O/c1-17(2,3)12-16(18(4,5)6)15-10-8-14(9-11-15)13-19-7/h8-11,16H,12-13H2,1-7H3. The number of benzene rings is 1. The van der Waals surface area contributed by atoms with E-state index in [4.69, 9.17) is 4.74 Å². The maximum Gasteiger partial charge on any atom is 0.0713 e. The fraction of sp³-hybridized carbons (Fsp3) is 0.667. The highest BCUT2D eigenvalue weighted by molar-refractivity contribution is 5.26. The molecule has 1 atom stereocenters. The lowest BCUT2D eigenvalue weighted by molar-refractivity contribution is 0.185. The van der Waals surface area contributed by atoms with Gasteiger partial charge >= 0.3 is 0 Å². The van der Waals surface area contributed by atoms with E-state index in [0.717, 1.165) is 0 Å². The lowest BCUT2D eigenvalue weighted by atomic mass is 9.69. The van der Waals surface area contributed by atoms with E-state index in [1.165, 1.54) is 17.5 Å². The van der Waals surface area contributed by atoms with Crippen molar-refractivity contribution in [3.8, 4) is 0 Å². The minimum absolute atomic E-state index is 0.288. The first-order chi connectivity index (χ1) is 8.63. The molecule has 1 aromatic rings. The molecule has 0 saturated heterocycles. The van der Waals surface area contributed by atoms with Gasteiger partial charge in [0.15, 0.2) is 0 Å². The zero-order valence-electron chi connectivity index (χ0n) is 13.7. The average molecular weight is 262 g/mol. The summed E-state index contributed by atoms with van der Waals surface area (Å²) in [6.45, 7) is 14.7. The van der Waals surface area contributed by atoms with E-state index in [9.17, 15) is 0 Å². The third kappa shape index (κ3) is 5.36. The lowest BCUT2D eigenvalue weighted by Gasteiger charge is -2.36. The largest absolute Gasteiger partial charge is 0.380 e. The zero-order chi connectivity index (χ0) is 14.7. The molecular weight excluding hydrogens is 232 g/mol. The highest BCUT2D eigenvalue weighted by atomic mass is 16.5. The summed E-state index contributed by atoms with van der Waals surface area (Å²) in [5.41, 5.74) is 3.33. The van der Waals surface area contributed by atoms with E-state index in [-0.39, 0.29) is 5.41 Å². The summed E-state index contributed by atoms with van der Waals surface area (Å²) < 4.78 is 5.18. The molecule has 1 aromatic carbocycles. The molecule has 0 bridgehead atoms. The third-order valence-corrected chi connectivity index (χ3v) is 3.55. The Morgan fingerprint density at radius 2 is 1.47 bits per heavy atom. The number of rotatable bonds is 4. The van der Waals surface area contributed by atoms with Gasteiger partial charge in [0.05, 0.1) is 6.61 Å². The summed E-state index contributed by atoms with van der Waals surface area (Å²) >= 11 is 0. The van der Waals surface area contributed by atoms with Crippen LogP contribution in [-0.2, 0) is 11.3 Å². The maximum atomic E-state index is 5.18. The Morgan fingerprint density at radius 1 is 0.947 bits per heavy atom. The Bertz CT molecular complexity index is 376. The van der Waals surface area contributed by atoms with Gasteiger partial charge in [-0.1, -0.05) is 65.8 Å². The molecule has 1 rings (SSSR count). The molecule has 0 heterocycles. The predicted molar refractivity (Wildman–Crippen MR) is 83.4 cm³/mol. The van der Waals surface area contributed by atoms with Crippen molar-refractivity contribution in [2.75, 3.05) is 7.11 Å². The minimum atomic E-state index is 0.288. The van der Waals surface area contributed by atoms with Crippen LogP contribution < -0.4 is 0 Å². The second kappa shape index (κ2) is 6.09. The van der Waals surface area contributed by atoms with Crippen molar-refractivity contribution in [3.63, 3.8) is 0 Å². The molecule has 0 amide bonds. The summed E-state index contributed by atoms with van der Waals surface area (Å²) in [6, 6.07) is 8.94. The van der Waals surface area contributed by atoms with Crippen molar-refractivity contribution >= 4 is 0 Å². The fourth-order valence-electron chi connectivity index (χ4n) is 2.55. The fourth-order valence-corrected chi connectivity index (χ4v) is 2.55. The Hall–Kier alpha value is -0.820. The first-order valence-electron chi connectivity index (χ1n) is 7.21. The molecule has 0 aliphatic carbocycles. The second-order valence-electron chi connectivity index (χ2n) is 7.86. The van der Waals surface area contributed by atoms with E-state index < -0.39 is 0 Å². The van der Waals surface area contributed by atoms with Crippen LogP contribution in [-0.4, -0.2) is 7.11 Å². The van der Waals surface area contributed by atoms with Crippen LogP contribution in [0.3, 0.4) is 0 Å². The smallest absolute Gasteiger partial charge is 0.0713 e. The molecule has 0 fully saturated rings. The second-order valence-corrected chi connectivity index (χ2v) is 7.86. The lowest BCUT2D eigenvalue weighted by Crippen LogP contribution is -2.23. The third-order valence-electron chi connectivity index (χ3n) is 3.55. The molecular formula is C18H30O. The van der Waals surface area contributed by atoms with Crippen LogP contribution in [0, 0.1) is 10.8 Å². The molecule has 1 nitrogen and oxygen atoms in total. The van der Waals surface area contributed by atoms with Crippen molar-refractivity contribution in [2.45, 2.75) is 60.5 Å². The molecule has 0 radical (unpaired) electrons. The Labute approximate surface area is 119 Å². The van der Waals surface area contributed by atoms with Crippen molar-refractivity contribution < 1.29 is 4.74 Å². The summed E-state index contributed by atoms with van der Waals surface area (Å²) in [5, 5.41) is 0. The van der Waals surface area contributed by atoms with Crippen LogP contribution in [0.15, 0.2) is 24.3 Å². The van der Waals surface area contributed by atoms with Gasteiger partial charge in [-0.3, -0.25) is 0 Å². The molecule has 0 aliphatic heterocycles. The van der Waals surface area contributed by atoms with Crippen LogP contribution in [0.25, 0.3) is 0 Å². The highest BCUT2D eigenvalue weighted by Gasteiger charge is 2.30. The molecule has 108 valence electrons. The molecule has 1 heteroatoms. The van der Waals surface area contributed by atoms with E-state index in [0.29, 0.717) is 17.9 Å². The Morgan fingerprint density at radius 3 is 1.84 bits per heavy atom. The van der Waals surface area contributed by atoms with Gasteiger partial charge in [0.25, 0.3) is 0 Å². The van der Waals surface area contributed by atoms with E-state index >= 15 is 0 Å². The van der Waals surface area contributed by atoms with Crippen LogP contribution >= 0.6 is 0 Å². The monoisotopic (exact) mass is 262 g/mol. The van der Waals surface area contributed by atoms with Crippen molar-refractivity contribution in [3.05, 3.63) is 35.4 Å². The first-order valence-corrected chi connectivity index (χ1v) is 7.21. The summed E-state index contributed by atoms with van der Waals surface area (Å²) in [5.74, 6) is 0.587. The topological polar surface area (TPSA) is 9.23 Å². The van der Waals surface area contributed by atoms with Gasteiger partial charge in [0.2, 0.25) is 0 Å². The Kier molecular flexibility index (Phi) is 5.20. The van der Waals surface area contributed by atoms with Crippen LogP contribution in [0.4, 0.5) is 0 Å². The van der Waals surface area contributed by atoms with Crippen LogP contribution in [0.2, 0.25) is 0 Å². The van der Waals surface area contributed by atoms with Gasteiger partial charge in [-0.25, -0.2) is 0 Å². The number of ether oxygens (including phenoxy) is 1. The maximum absolute atomic E-state index is 5.18. The number of hydrogen-bond donors (Lipinski definition) is 0. The Balaban J connectivity index is 2.98. The molecule has 0 N–H and O–H groups in total. The number of methoxy groups -OCH3 is 1. The zero-order valence-corrected chi connectivity index (χ0v) is 13.7. The summed E-state index contributed by atoms with van der Waals surface area (Å²) in [7, 11) is 1.74. The first kappa shape index (κ1) is 16.2. The van der Waals surface area contributed by atoms with Gasteiger partial charge in [0.1, 0.15) is 0 Å². The summed E-state index contributed by atoms with van der Waals surface area (Å²) in [6.07, 6.45) is 1.21. The quantitative estimate of drug-likeness (QED) is 0.706. The molecule has 0 aliphatic rings. The van der Waals surface area contributed by atoms with Crippen molar-refractivity contribution in [1.82, 2.24) is 0 Å². The van der Waals surface area contributed by atoms with Crippen LogP contribution in [0.5, 0.6) is 0 Å². The van der Waals surface area contributed by atoms with Gasteiger partial charge in [-0.2, -0.15) is 0 Å². The molecule has 1 unspecified atom stereocenters.